The summed E-state index contributed by atoms with van der Waals surface area (Å²) >= 11 is 0. The lowest BCUT2D eigenvalue weighted by molar-refractivity contribution is 0.713. The predicted octanol–water partition coefficient (Wildman–Crippen LogP) is 2.78. The van der Waals surface area contributed by atoms with Crippen LogP contribution < -0.4 is 0 Å². The fourth-order valence-corrected chi connectivity index (χ4v) is 2.41. The summed E-state index contributed by atoms with van der Waals surface area (Å²) in [5.74, 6) is 0.630. The third-order valence-corrected chi connectivity index (χ3v) is 3.21. The molecule has 0 fully saturated rings. The zero-order chi connectivity index (χ0) is 10.4. The Labute approximate surface area is 89.2 Å². The number of nitrogens with zero attached hydrogens (tertiary/aromatic N) is 2. The van der Waals surface area contributed by atoms with Crippen LogP contribution in [0.4, 0.5) is 0 Å². The van der Waals surface area contributed by atoms with E-state index in [1.54, 1.807) is 0 Å². The molecule has 3 rings (SSSR count). The molecule has 1 aliphatic carbocycles. The summed E-state index contributed by atoms with van der Waals surface area (Å²) < 4.78 is 2.24. The van der Waals surface area contributed by atoms with Crippen molar-refractivity contribution in [2.24, 2.45) is 13.0 Å². The lowest BCUT2D eigenvalue weighted by Gasteiger charge is -2.12. The summed E-state index contributed by atoms with van der Waals surface area (Å²) in [6, 6.07) is 4.14. The SMILES string of the molecule is CC1C=Cc2c(c3ncccc3n2C)C1. The summed E-state index contributed by atoms with van der Waals surface area (Å²) in [5, 5.41) is 0. The van der Waals surface area contributed by atoms with Gasteiger partial charge in [-0.05, 0) is 30.5 Å². The van der Waals surface area contributed by atoms with Crippen molar-refractivity contribution in [3.05, 3.63) is 35.7 Å². The molecule has 2 heterocycles. The van der Waals surface area contributed by atoms with Gasteiger partial charge in [0, 0.05) is 24.5 Å². The molecule has 1 atom stereocenters. The normalized spacial score (nSPS) is 19.5. The van der Waals surface area contributed by atoms with Gasteiger partial charge in [-0.15, -0.1) is 0 Å². The summed E-state index contributed by atoms with van der Waals surface area (Å²) in [7, 11) is 2.11. The molecule has 2 nitrogen and oxygen atoms in total. The highest BCUT2D eigenvalue weighted by Gasteiger charge is 2.18. The van der Waals surface area contributed by atoms with Gasteiger partial charge in [0.05, 0.1) is 11.0 Å². The van der Waals surface area contributed by atoms with Gasteiger partial charge >= 0.3 is 0 Å². The molecule has 0 spiro atoms. The molecular formula is C13H14N2. The van der Waals surface area contributed by atoms with Gasteiger partial charge in [-0.25, -0.2) is 0 Å². The number of rotatable bonds is 0. The van der Waals surface area contributed by atoms with E-state index >= 15 is 0 Å². The van der Waals surface area contributed by atoms with Crippen LogP contribution in [0.2, 0.25) is 0 Å². The number of allylic oxidation sites excluding steroid dienone is 1. The molecule has 0 aliphatic heterocycles. The van der Waals surface area contributed by atoms with Crippen LogP contribution in [0.1, 0.15) is 18.2 Å². The van der Waals surface area contributed by atoms with E-state index in [1.807, 2.05) is 12.3 Å². The smallest absolute Gasteiger partial charge is 0.0919 e. The van der Waals surface area contributed by atoms with E-state index in [1.165, 1.54) is 22.3 Å². The highest BCUT2D eigenvalue weighted by Crippen LogP contribution is 2.30. The Balaban J connectivity index is 2.39. The van der Waals surface area contributed by atoms with Crippen molar-refractivity contribution in [3.8, 4) is 0 Å². The van der Waals surface area contributed by atoms with E-state index in [2.05, 4.69) is 41.7 Å². The van der Waals surface area contributed by atoms with Crippen molar-refractivity contribution in [1.29, 1.82) is 0 Å². The van der Waals surface area contributed by atoms with Gasteiger partial charge in [0.2, 0.25) is 0 Å². The fourth-order valence-electron chi connectivity index (χ4n) is 2.41. The van der Waals surface area contributed by atoms with Crippen LogP contribution in [0.25, 0.3) is 17.1 Å². The van der Waals surface area contributed by atoms with E-state index in [4.69, 9.17) is 0 Å². The molecule has 2 heteroatoms. The Morgan fingerprint density at radius 2 is 2.33 bits per heavy atom. The van der Waals surface area contributed by atoms with Crippen LogP contribution in [0.3, 0.4) is 0 Å². The second-order valence-corrected chi connectivity index (χ2v) is 4.33. The minimum absolute atomic E-state index is 0.630. The van der Waals surface area contributed by atoms with Gasteiger partial charge in [-0.3, -0.25) is 4.98 Å². The number of aryl methyl sites for hydroxylation is 1. The maximum atomic E-state index is 4.50. The molecule has 1 unspecified atom stereocenters. The van der Waals surface area contributed by atoms with Crippen LogP contribution in [-0.4, -0.2) is 9.55 Å². The zero-order valence-electron chi connectivity index (χ0n) is 9.07. The third kappa shape index (κ3) is 1.14. The predicted molar refractivity (Wildman–Crippen MR) is 62.6 cm³/mol. The van der Waals surface area contributed by atoms with Crippen LogP contribution in [0, 0.1) is 5.92 Å². The Bertz CT molecular complexity index is 549. The Hall–Kier alpha value is -1.57. The molecule has 0 N–H and O–H groups in total. The topological polar surface area (TPSA) is 17.8 Å². The number of hydrogen-bond acceptors (Lipinski definition) is 1. The first-order valence-electron chi connectivity index (χ1n) is 5.38. The molecular weight excluding hydrogens is 184 g/mol. The first-order valence-corrected chi connectivity index (χ1v) is 5.38. The van der Waals surface area contributed by atoms with Crippen molar-refractivity contribution in [3.63, 3.8) is 0 Å². The van der Waals surface area contributed by atoms with Crippen molar-refractivity contribution in [2.75, 3.05) is 0 Å². The summed E-state index contributed by atoms with van der Waals surface area (Å²) in [6.07, 6.45) is 7.50. The molecule has 0 saturated carbocycles. The van der Waals surface area contributed by atoms with Crippen molar-refractivity contribution in [2.45, 2.75) is 13.3 Å². The fraction of sp³-hybridized carbons (Fsp3) is 0.308. The minimum Gasteiger partial charge on any atom is -0.343 e. The average molecular weight is 198 g/mol. The van der Waals surface area contributed by atoms with E-state index in [-0.39, 0.29) is 0 Å². The third-order valence-electron chi connectivity index (χ3n) is 3.21. The van der Waals surface area contributed by atoms with Crippen molar-refractivity contribution >= 4 is 17.1 Å². The van der Waals surface area contributed by atoms with Gasteiger partial charge in [-0.1, -0.05) is 13.0 Å². The molecule has 0 radical (unpaired) electrons. The number of fused-ring (bicyclic) bond motifs is 3. The van der Waals surface area contributed by atoms with E-state index in [0.29, 0.717) is 5.92 Å². The first-order chi connectivity index (χ1) is 7.27. The summed E-state index contributed by atoms with van der Waals surface area (Å²) in [5.41, 5.74) is 5.14. The van der Waals surface area contributed by atoms with Crippen molar-refractivity contribution in [1.82, 2.24) is 9.55 Å². The van der Waals surface area contributed by atoms with Crippen LogP contribution in [0.5, 0.6) is 0 Å². The Morgan fingerprint density at radius 3 is 3.20 bits per heavy atom. The monoisotopic (exact) mass is 198 g/mol. The molecule has 76 valence electrons. The van der Waals surface area contributed by atoms with Gasteiger partial charge in [0.1, 0.15) is 0 Å². The average Bonchev–Trinajstić information content (AvgIpc) is 2.54. The van der Waals surface area contributed by atoms with Crippen LogP contribution in [0.15, 0.2) is 24.4 Å². The van der Waals surface area contributed by atoms with Crippen LogP contribution in [-0.2, 0) is 13.5 Å². The molecule has 0 aromatic carbocycles. The molecule has 0 bridgehead atoms. The molecule has 2 aromatic rings. The lowest BCUT2D eigenvalue weighted by Crippen LogP contribution is -2.04. The molecule has 15 heavy (non-hydrogen) atoms. The Kier molecular flexibility index (Phi) is 1.72. The number of aromatic nitrogens is 2. The second kappa shape index (κ2) is 2.96. The van der Waals surface area contributed by atoms with E-state index in [9.17, 15) is 0 Å². The molecule has 2 aromatic heterocycles. The van der Waals surface area contributed by atoms with Gasteiger partial charge in [-0.2, -0.15) is 0 Å². The second-order valence-electron chi connectivity index (χ2n) is 4.33. The highest BCUT2D eigenvalue weighted by molar-refractivity contribution is 5.85. The van der Waals surface area contributed by atoms with Gasteiger partial charge in [0.15, 0.2) is 0 Å². The standard InChI is InChI=1S/C13H14N2/c1-9-5-6-11-10(8-9)13-12(15(11)2)4-3-7-14-13/h3-7,9H,8H2,1-2H3. The van der Waals surface area contributed by atoms with Gasteiger partial charge < -0.3 is 4.57 Å². The summed E-state index contributed by atoms with van der Waals surface area (Å²) in [4.78, 5) is 4.50. The van der Waals surface area contributed by atoms with Crippen LogP contribution >= 0.6 is 0 Å². The lowest BCUT2D eigenvalue weighted by atomic mass is 9.95. The Morgan fingerprint density at radius 1 is 1.47 bits per heavy atom. The minimum atomic E-state index is 0.630. The number of pyridine rings is 1. The highest BCUT2D eigenvalue weighted by atomic mass is 15.0. The molecule has 0 amide bonds. The number of hydrogen-bond donors (Lipinski definition) is 0. The quantitative estimate of drug-likeness (QED) is 0.636. The van der Waals surface area contributed by atoms with Crippen molar-refractivity contribution < 1.29 is 0 Å². The summed E-state index contributed by atoms with van der Waals surface area (Å²) in [6.45, 7) is 2.25. The molecule has 1 aliphatic rings. The molecule has 0 saturated heterocycles. The van der Waals surface area contributed by atoms with E-state index < -0.39 is 0 Å². The first kappa shape index (κ1) is 8.72. The maximum Gasteiger partial charge on any atom is 0.0919 e. The van der Waals surface area contributed by atoms with E-state index in [0.717, 1.165) is 6.42 Å². The largest absolute Gasteiger partial charge is 0.343 e. The van der Waals surface area contributed by atoms with Gasteiger partial charge in [0.25, 0.3) is 0 Å². The maximum absolute atomic E-state index is 4.50. The zero-order valence-corrected chi connectivity index (χ0v) is 9.07.